The van der Waals surface area contributed by atoms with Crippen LogP contribution in [0.5, 0.6) is 0 Å². The van der Waals surface area contributed by atoms with Crippen LogP contribution in [-0.2, 0) is 14.2 Å². The summed E-state index contributed by atoms with van der Waals surface area (Å²) >= 11 is 0. The maximum absolute atomic E-state index is 6.37. The number of fused-ring (bicyclic) bond motifs is 3. The Hall–Kier alpha value is -0.120. The SMILES string of the molecule is CCC12CCC(CC13OC[C@@H](COC)O3)C2(C)C. The van der Waals surface area contributed by atoms with Gasteiger partial charge in [0.1, 0.15) is 6.10 Å². The summed E-state index contributed by atoms with van der Waals surface area (Å²) in [5, 5.41) is 0. The van der Waals surface area contributed by atoms with E-state index < -0.39 is 0 Å². The molecule has 3 unspecified atom stereocenters. The topological polar surface area (TPSA) is 27.7 Å². The first-order valence-electron chi connectivity index (χ1n) is 7.32. The van der Waals surface area contributed by atoms with Crippen LogP contribution in [0, 0.1) is 16.7 Å². The summed E-state index contributed by atoms with van der Waals surface area (Å²) in [7, 11) is 1.73. The van der Waals surface area contributed by atoms with Crippen molar-refractivity contribution in [2.24, 2.45) is 16.7 Å². The van der Waals surface area contributed by atoms with Gasteiger partial charge < -0.3 is 14.2 Å². The fourth-order valence-electron chi connectivity index (χ4n) is 5.15. The number of ether oxygens (including phenoxy) is 3. The third-order valence-corrected chi connectivity index (χ3v) is 6.23. The summed E-state index contributed by atoms with van der Waals surface area (Å²) in [6.07, 6.45) is 4.93. The minimum Gasteiger partial charge on any atom is -0.382 e. The predicted molar refractivity (Wildman–Crippen MR) is 69.3 cm³/mol. The molecule has 2 aliphatic carbocycles. The summed E-state index contributed by atoms with van der Waals surface area (Å²) in [6.45, 7) is 8.47. The second-order valence-electron chi connectivity index (χ2n) is 6.86. The largest absolute Gasteiger partial charge is 0.382 e. The molecule has 3 heteroatoms. The maximum Gasteiger partial charge on any atom is 0.175 e. The van der Waals surface area contributed by atoms with Gasteiger partial charge in [0.2, 0.25) is 0 Å². The average Bonchev–Trinajstić information content (AvgIpc) is 2.89. The van der Waals surface area contributed by atoms with E-state index in [1.165, 1.54) is 12.8 Å². The smallest absolute Gasteiger partial charge is 0.175 e. The molecule has 0 aromatic heterocycles. The highest BCUT2D eigenvalue weighted by atomic mass is 16.8. The minimum absolute atomic E-state index is 0.119. The van der Waals surface area contributed by atoms with Crippen LogP contribution in [0.2, 0.25) is 0 Å². The summed E-state index contributed by atoms with van der Waals surface area (Å²) < 4.78 is 17.8. The third-order valence-electron chi connectivity index (χ3n) is 6.23. The van der Waals surface area contributed by atoms with E-state index in [2.05, 4.69) is 20.8 Å². The first-order chi connectivity index (χ1) is 8.51. The van der Waals surface area contributed by atoms with Crippen LogP contribution in [0.1, 0.15) is 46.5 Å². The Morgan fingerprint density at radius 1 is 1.33 bits per heavy atom. The van der Waals surface area contributed by atoms with E-state index in [9.17, 15) is 0 Å². The van der Waals surface area contributed by atoms with E-state index in [1.807, 2.05) is 0 Å². The van der Waals surface area contributed by atoms with Crippen LogP contribution in [0.15, 0.2) is 0 Å². The molecule has 4 atom stereocenters. The molecule has 1 heterocycles. The number of methoxy groups -OCH3 is 1. The van der Waals surface area contributed by atoms with Crippen LogP contribution in [0.3, 0.4) is 0 Å². The van der Waals surface area contributed by atoms with Crippen LogP contribution in [0.25, 0.3) is 0 Å². The molecule has 0 aromatic carbocycles. The van der Waals surface area contributed by atoms with E-state index in [-0.39, 0.29) is 17.3 Å². The van der Waals surface area contributed by atoms with Gasteiger partial charge in [-0.1, -0.05) is 20.8 Å². The molecule has 3 fully saturated rings. The molecular formula is C15H26O3. The van der Waals surface area contributed by atoms with E-state index in [0.29, 0.717) is 18.6 Å². The molecule has 1 saturated heterocycles. The Morgan fingerprint density at radius 3 is 2.72 bits per heavy atom. The van der Waals surface area contributed by atoms with Crippen molar-refractivity contribution in [3.63, 3.8) is 0 Å². The van der Waals surface area contributed by atoms with Gasteiger partial charge in [0.05, 0.1) is 13.2 Å². The van der Waals surface area contributed by atoms with Crippen molar-refractivity contribution in [3.8, 4) is 0 Å². The Bertz CT molecular complexity index is 341. The summed E-state index contributed by atoms with van der Waals surface area (Å²) in [4.78, 5) is 0. The van der Waals surface area contributed by atoms with Crippen LogP contribution >= 0.6 is 0 Å². The third kappa shape index (κ3) is 1.31. The molecule has 1 aliphatic heterocycles. The highest BCUT2D eigenvalue weighted by molar-refractivity contribution is 5.17. The first kappa shape index (κ1) is 12.9. The molecule has 0 radical (unpaired) electrons. The number of hydrogen-bond acceptors (Lipinski definition) is 3. The lowest BCUT2D eigenvalue weighted by Crippen LogP contribution is -2.50. The van der Waals surface area contributed by atoms with Crippen molar-refractivity contribution in [1.82, 2.24) is 0 Å². The molecule has 3 aliphatic rings. The second kappa shape index (κ2) is 3.94. The Balaban J connectivity index is 1.91. The van der Waals surface area contributed by atoms with Gasteiger partial charge in [0.15, 0.2) is 5.79 Å². The molecule has 2 saturated carbocycles. The maximum atomic E-state index is 6.37. The molecule has 2 bridgehead atoms. The first-order valence-corrected chi connectivity index (χ1v) is 7.32. The summed E-state index contributed by atoms with van der Waals surface area (Å²) in [5.74, 6) is 0.427. The van der Waals surface area contributed by atoms with Crippen LogP contribution in [-0.4, -0.2) is 32.2 Å². The van der Waals surface area contributed by atoms with Crippen molar-refractivity contribution in [3.05, 3.63) is 0 Å². The quantitative estimate of drug-likeness (QED) is 0.775. The number of rotatable bonds is 3. The molecule has 3 rings (SSSR count). The molecule has 104 valence electrons. The van der Waals surface area contributed by atoms with E-state index in [1.54, 1.807) is 7.11 Å². The highest BCUT2D eigenvalue weighted by Crippen LogP contribution is 2.73. The lowest BCUT2D eigenvalue weighted by atomic mass is 9.65. The van der Waals surface area contributed by atoms with Gasteiger partial charge in [0.25, 0.3) is 0 Å². The predicted octanol–water partition coefficient (Wildman–Crippen LogP) is 2.98. The molecule has 3 nitrogen and oxygen atoms in total. The van der Waals surface area contributed by atoms with Crippen molar-refractivity contribution in [1.29, 1.82) is 0 Å². The number of hydrogen-bond donors (Lipinski definition) is 0. The Morgan fingerprint density at radius 2 is 2.11 bits per heavy atom. The molecule has 0 aromatic rings. The van der Waals surface area contributed by atoms with E-state index in [0.717, 1.165) is 18.8 Å². The monoisotopic (exact) mass is 254 g/mol. The Labute approximate surface area is 110 Å². The lowest BCUT2D eigenvalue weighted by molar-refractivity contribution is -0.254. The van der Waals surface area contributed by atoms with Crippen molar-refractivity contribution in [2.75, 3.05) is 20.3 Å². The summed E-state index contributed by atoms with van der Waals surface area (Å²) in [5.41, 5.74) is 0.539. The standard InChI is InChI=1S/C15H26O3/c1-5-14-7-6-11(13(14,2)3)8-15(14)17-10-12(18-15)9-16-4/h11-12H,5-10H2,1-4H3/t11?,12-,14?,15?/m1/s1. The fourth-order valence-corrected chi connectivity index (χ4v) is 5.15. The van der Waals surface area contributed by atoms with Gasteiger partial charge in [-0.25, -0.2) is 0 Å². The minimum atomic E-state index is -0.322. The average molecular weight is 254 g/mol. The fraction of sp³-hybridized carbons (Fsp3) is 1.00. The van der Waals surface area contributed by atoms with Crippen LogP contribution < -0.4 is 0 Å². The normalized spacial score (nSPS) is 49.3. The van der Waals surface area contributed by atoms with Crippen molar-refractivity contribution in [2.45, 2.75) is 58.3 Å². The molecule has 1 spiro atoms. The molecule has 0 N–H and O–H groups in total. The highest BCUT2D eigenvalue weighted by Gasteiger charge is 2.73. The van der Waals surface area contributed by atoms with Gasteiger partial charge in [-0.05, 0) is 30.6 Å². The molecular weight excluding hydrogens is 228 g/mol. The van der Waals surface area contributed by atoms with Crippen molar-refractivity contribution < 1.29 is 14.2 Å². The zero-order chi connectivity index (χ0) is 13.0. The molecule has 0 amide bonds. The van der Waals surface area contributed by atoms with Gasteiger partial charge in [-0.3, -0.25) is 0 Å². The molecule has 18 heavy (non-hydrogen) atoms. The summed E-state index contributed by atoms with van der Waals surface area (Å²) in [6, 6.07) is 0. The zero-order valence-corrected chi connectivity index (χ0v) is 12.1. The van der Waals surface area contributed by atoms with Crippen molar-refractivity contribution >= 4 is 0 Å². The van der Waals surface area contributed by atoms with E-state index >= 15 is 0 Å². The van der Waals surface area contributed by atoms with Gasteiger partial charge in [-0.15, -0.1) is 0 Å². The second-order valence-corrected chi connectivity index (χ2v) is 6.86. The van der Waals surface area contributed by atoms with Gasteiger partial charge >= 0.3 is 0 Å². The lowest BCUT2D eigenvalue weighted by Gasteiger charge is -2.47. The Kier molecular flexibility index (Phi) is 2.82. The zero-order valence-electron chi connectivity index (χ0n) is 12.1. The van der Waals surface area contributed by atoms with E-state index in [4.69, 9.17) is 14.2 Å². The van der Waals surface area contributed by atoms with Gasteiger partial charge in [0, 0.05) is 18.9 Å². The van der Waals surface area contributed by atoms with Crippen LogP contribution in [0.4, 0.5) is 0 Å². The van der Waals surface area contributed by atoms with Gasteiger partial charge in [-0.2, -0.15) is 0 Å².